The van der Waals surface area contributed by atoms with Gasteiger partial charge in [0, 0.05) is 15.8 Å². The Morgan fingerprint density at radius 1 is 0.955 bits per heavy atom. The van der Waals surface area contributed by atoms with Gasteiger partial charge in [-0.1, -0.05) is 0 Å². The fraction of sp³-hybridized carbons (Fsp3) is 0.294. The fourth-order valence-electron chi connectivity index (χ4n) is 2.55. The molecule has 1 aromatic carbocycles. The van der Waals surface area contributed by atoms with Crippen LogP contribution in [-0.2, 0) is 0 Å². The van der Waals surface area contributed by atoms with Crippen LogP contribution < -0.4 is 9.47 Å². The molecule has 0 N–H and O–H groups in total. The summed E-state index contributed by atoms with van der Waals surface area (Å²) in [5.41, 5.74) is 3.20. The lowest BCUT2D eigenvalue weighted by Gasteiger charge is -2.10. The number of methoxy groups -OCH3 is 2. The van der Waals surface area contributed by atoms with Crippen LogP contribution in [0.4, 0.5) is 0 Å². The zero-order valence-corrected chi connectivity index (χ0v) is 14.2. The van der Waals surface area contributed by atoms with Crippen molar-refractivity contribution in [1.82, 2.24) is 9.97 Å². The lowest BCUT2D eigenvalue weighted by molar-refractivity contribution is 0.355. The van der Waals surface area contributed by atoms with Gasteiger partial charge in [-0.15, -0.1) is 11.3 Å². The highest BCUT2D eigenvalue weighted by molar-refractivity contribution is 7.18. The molecule has 3 aromatic rings. The smallest absolute Gasteiger partial charge is 0.161 e. The molecule has 2 aromatic heterocycles. The highest BCUT2D eigenvalue weighted by Gasteiger charge is 2.16. The Hall–Kier alpha value is -2.14. The number of ether oxygens (including phenoxy) is 2. The Morgan fingerprint density at radius 2 is 1.68 bits per heavy atom. The normalized spacial score (nSPS) is 11.0. The van der Waals surface area contributed by atoms with Crippen LogP contribution in [-0.4, -0.2) is 24.2 Å². The Labute approximate surface area is 133 Å². The van der Waals surface area contributed by atoms with E-state index < -0.39 is 0 Å². The minimum atomic E-state index is 0.703. The van der Waals surface area contributed by atoms with Crippen molar-refractivity contribution in [3.05, 3.63) is 34.5 Å². The second kappa shape index (κ2) is 5.57. The van der Waals surface area contributed by atoms with Crippen molar-refractivity contribution in [2.45, 2.75) is 20.8 Å². The first-order valence-corrected chi connectivity index (χ1v) is 7.83. The van der Waals surface area contributed by atoms with Gasteiger partial charge in [-0.2, -0.15) is 0 Å². The molecule has 114 valence electrons. The van der Waals surface area contributed by atoms with Crippen molar-refractivity contribution in [2.75, 3.05) is 14.2 Å². The summed E-state index contributed by atoms with van der Waals surface area (Å²) < 4.78 is 10.7. The Kier molecular flexibility index (Phi) is 3.74. The summed E-state index contributed by atoms with van der Waals surface area (Å²) in [7, 11) is 3.28. The number of rotatable bonds is 3. The molecule has 0 spiro atoms. The molecule has 0 fully saturated rings. The standard InChI is InChI=1S/C17H18N2O2S/c1-9-10(2)22-17-15(9)16(18-11(3)19-17)12-6-7-13(20-4)14(8-12)21-5/h6-8H,1-5H3. The van der Waals surface area contributed by atoms with E-state index in [1.165, 1.54) is 10.4 Å². The first-order chi connectivity index (χ1) is 10.5. The number of hydrogen-bond donors (Lipinski definition) is 0. The van der Waals surface area contributed by atoms with Crippen molar-refractivity contribution in [1.29, 1.82) is 0 Å². The van der Waals surface area contributed by atoms with Gasteiger partial charge in [-0.25, -0.2) is 9.97 Å². The first-order valence-electron chi connectivity index (χ1n) is 7.02. The second-order valence-corrected chi connectivity index (χ2v) is 6.36. The molecule has 0 atom stereocenters. The highest BCUT2D eigenvalue weighted by Crippen LogP contribution is 2.38. The Balaban J connectivity index is 2.30. The molecule has 4 nitrogen and oxygen atoms in total. The van der Waals surface area contributed by atoms with E-state index in [9.17, 15) is 0 Å². The summed E-state index contributed by atoms with van der Waals surface area (Å²) >= 11 is 1.71. The van der Waals surface area contributed by atoms with E-state index in [2.05, 4.69) is 23.8 Å². The molecular formula is C17H18N2O2S. The van der Waals surface area contributed by atoms with Crippen LogP contribution in [0.2, 0.25) is 0 Å². The third-order valence-electron chi connectivity index (χ3n) is 3.80. The number of fused-ring (bicyclic) bond motifs is 1. The van der Waals surface area contributed by atoms with Crippen molar-refractivity contribution in [3.8, 4) is 22.8 Å². The van der Waals surface area contributed by atoms with Crippen LogP contribution in [0.15, 0.2) is 18.2 Å². The van der Waals surface area contributed by atoms with E-state index in [4.69, 9.17) is 9.47 Å². The Bertz CT molecular complexity index is 855. The number of nitrogens with zero attached hydrogens (tertiary/aromatic N) is 2. The third kappa shape index (κ3) is 2.31. The monoisotopic (exact) mass is 314 g/mol. The van der Waals surface area contributed by atoms with Crippen molar-refractivity contribution < 1.29 is 9.47 Å². The lowest BCUT2D eigenvalue weighted by atomic mass is 10.1. The van der Waals surface area contributed by atoms with Crippen LogP contribution in [0.25, 0.3) is 21.5 Å². The van der Waals surface area contributed by atoms with E-state index in [-0.39, 0.29) is 0 Å². The molecule has 0 aliphatic carbocycles. The predicted octanol–water partition coefficient (Wildman–Crippen LogP) is 4.30. The van der Waals surface area contributed by atoms with Crippen molar-refractivity contribution in [3.63, 3.8) is 0 Å². The number of thiophene rings is 1. The minimum absolute atomic E-state index is 0.703. The van der Waals surface area contributed by atoms with Crippen LogP contribution in [0.1, 0.15) is 16.3 Å². The molecule has 0 unspecified atom stereocenters. The Morgan fingerprint density at radius 3 is 2.36 bits per heavy atom. The van der Waals surface area contributed by atoms with E-state index >= 15 is 0 Å². The topological polar surface area (TPSA) is 44.2 Å². The van der Waals surface area contributed by atoms with Gasteiger partial charge >= 0.3 is 0 Å². The van der Waals surface area contributed by atoms with Crippen molar-refractivity contribution >= 4 is 21.6 Å². The number of aromatic nitrogens is 2. The van der Waals surface area contributed by atoms with Gasteiger partial charge in [0.05, 0.1) is 19.9 Å². The summed E-state index contributed by atoms with van der Waals surface area (Å²) in [5.74, 6) is 2.19. The minimum Gasteiger partial charge on any atom is -0.493 e. The molecule has 0 saturated heterocycles. The second-order valence-electron chi connectivity index (χ2n) is 5.15. The number of aryl methyl sites for hydroxylation is 3. The summed E-state index contributed by atoms with van der Waals surface area (Å²) in [6, 6.07) is 5.88. The molecule has 22 heavy (non-hydrogen) atoms. The molecule has 0 saturated carbocycles. The molecule has 0 amide bonds. The predicted molar refractivity (Wildman–Crippen MR) is 90.2 cm³/mol. The summed E-state index contributed by atoms with van der Waals surface area (Å²) in [4.78, 5) is 11.6. The lowest BCUT2D eigenvalue weighted by Crippen LogP contribution is -1.95. The summed E-state index contributed by atoms with van der Waals surface area (Å²) in [6.45, 7) is 6.17. The van der Waals surface area contributed by atoms with E-state index in [0.717, 1.165) is 27.3 Å². The maximum Gasteiger partial charge on any atom is 0.161 e. The zero-order chi connectivity index (χ0) is 15.9. The van der Waals surface area contributed by atoms with Crippen LogP contribution in [0.3, 0.4) is 0 Å². The zero-order valence-electron chi connectivity index (χ0n) is 13.4. The van der Waals surface area contributed by atoms with E-state index in [0.29, 0.717) is 11.5 Å². The highest BCUT2D eigenvalue weighted by atomic mass is 32.1. The summed E-state index contributed by atoms with van der Waals surface area (Å²) in [5, 5.41) is 1.13. The van der Waals surface area contributed by atoms with Gasteiger partial charge in [-0.05, 0) is 44.5 Å². The van der Waals surface area contributed by atoms with Gasteiger partial charge in [0.25, 0.3) is 0 Å². The molecule has 0 aliphatic heterocycles. The van der Waals surface area contributed by atoms with Crippen LogP contribution >= 0.6 is 11.3 Å². The SMILES string of the molecule is COc1ccc(-c2nc(C)nc3sc(C)c(C)c23)cc1OC. The number of hydrogen-bond acceptors (Lipinski definition) is 5. The molecule has 5 heteroatoms. The third-order valence-corrected chi connectivity index (χ3v) is 4.90. The average Bonchev–Trinajstić information content (AvgIpc) is 2.80. The number of benzene rings is 1. The first kappa shape index (κ1) is 14.8. The molecule has 2 heterocycles. The van der Waals surface area contributed by atoms with Gasteiger partial charge in [0.2, 0.25) is 0 Å². The van der Waals surface area contributed by atoms with Crippen molar-refractivity contribution in [2.24, 2.45) is 0 Å². The molecule has 0 radical (unpaired) electrons. The maximum absolute atomic E-state index is 5.41. The van der Waals surface area contributed by atoms with E-state index in [1.807, 2.05) is 25.1 Å². The maximum atomic E-state index is 5.41. The molecule has 0 aliphatic rings. The van der Waals surface area contributed by atoms with E-state index in [1.54, 1.807) is 25.6 Å². The van der Waals surface area contributed by atoms with Crippen LogP contribution in [0, 0.1) is 20.8 Å². The largest absolute Gasteiger partial charge is 0.493 e. The fourth-order valence-corrected chi connectivity index (χ4v) is 3.62. The van der Waals surface area contributed by atoms with Gasteiger partial charge in [-0.3, -0.25) is 0 Å². The van der Waals surface area contributed by atoms with Gasteiger partial charge in [0.1, 0.15) is 10.7 Å². The molecule has 0 bridgehead atoms. The molecule has 3 rings (SSSR count). The molecular weight excluding hydrogens is 296 g/mol. The quantitative estimate of drug-likeness (QED) is 0.723. The summed E-state index contributed by atoms with van der Waals surface area (Å²) in [6.07, 6.45) is 0. The van der Waals surface area contributed by atoms with Gasteiger partial charge in [0.15, 0.2) is 11.5 Å². The average molecular weight is 314 g/mol. The van der Waals surface area contributed by atoms with Gasteiger partial charge < -0.3 is 9.47 Å². The van der Waals surface area contributed by atoms with Crippen LogP contribution in [0.5, 0.6) is 11.5 Å².